The predicted octanol–water partition coefficient (Wildman–Crippen LogP) is 3.69. The van der Waals surface area contributed by atoms with Gasteiger partial charge in [0, 0.05) is 16.9 Å². The molecule has 0 unspecified atom stereocenters. The Bertz CT molecular complexity index is 485. The molecule has 72 valence electrons. The van der Waals surface area contributed by atoms with E-state index in [1.54, 1.807) is 6.20 Å². The Morgan fingerprint density at radius 1 is 1.43 bits per heavy atom. The van der Waals surface area contributed by atoms with Gasteiger partial charge in [0.1, 0.15) is 0 Å². The summed E-state index contributed by atoms with van der Waals surface area (Å²) in [5, 5.41) is 4.66. The van der Waals surface area contributed by atoms with E-state index in [-0.39, 0.29) is 0 Å². The molecule has 0 fully saturated rings. The maximum Gasteiger partial charge on any atom is 0.0747 e. The Balaban J connectivity index is 2.79. The smallest absolute Gasteiger partial charge is 0.0747 e. The topological polar surface area (TPSA) is 24.9 Å². The average Bonchev–Trinajstić information content (AvgIpc) is 2.20. The second-order valence-corrected chi connectivity index (χ2v) is 4.19. The standard InChI is InChI=1S/C10H8BrClN2/c1-13-9-5-14-8-3-2-6(11)4-7(8)10(9)12/h2-5,13H,1H3. The van der Waals surface area contributed by atoms with Crippen molar-refractivity contribution in [3.05, 3.63) is 33.9 Å². The average molecular weight is 272 g/mol. The largest absolute Gasteiger partial charge is 0.386 e. The van der Waals surface area contributed by atoms with E-state index in [4.69, 9.17) is 11.6 Å². The third-order valence-corrected chi connectivity index (χ3v) is 2.93. The number of aromatic nitrogens is 1. The second kappa shape index (κ2) is 3.75. The van der Waals surface area contributed by atoms with Gasteiger partial charge in [0.2, 0.25) is 0 Å². The zero-order valence-corrected chi connectivity index (χ0v) is 9.85. The highest BCUT2D eigenvalue weighted by molar-refractivity contribution is 9.10. The lowest BCUT2D eigenvalue weighted by molar-refractivity contribution is 1.38. The van der Waals surface area contributed by atoms with E-state index in [1.165, 1.54) is 0 Å². The SMILES string of the molecule is CNc1cnc2ccc(Br)cc2c1Cl. The van der Waals surface area contributed by atoms with Crippen LogP contribution in [0.2, 0.25) is 5.02 Å². The quantitative estimate of drug-likeness (QED) is 0.855. The lowest BCUT2D eigenvalue weighted by Crippen LogP contribution is -1.91. The first kappa shape index (κ1) is 9.74. The number of pyridine rings is 1. The van der Waals surface area contributed by atoms with E-state index in [1.807, 2.05) is 25.2 Å². The minimum absolute atomic E-state index is 0.707. The third-order valence-electron chi connectivity index (χ3n) is 2.03. The van der Waals surface area contributed by atoms with E-state index in [0.717, 1.165) is 21.1 Å². The van der Waals surface area contributed by atoms with Gasteiger partial charge in [0.15, 0.2) is 0 Å². The van der Waals surface area contributed by atoms with Crippen molar-refractivity contribution in [3.63, 3.8) is 0 Å². The molecule has 0 atom stereocenters. The molecule has 14 heavy (non-hydrogen) atoms. The molecule has 0 aliphatic carbocycles. The summed E-state index contributed by atoms with van der Waals surface area (Å²) in [6.07, 6.45) is 1.73. The maximum absolute atomic E-state index is 6.19. The van der Waals surface area contributed by atoms with Gasteiger partial charge in [-0.25, -0.2) is 0 Å². The van der Waals surface area contributed by atoms with Crippen LogP contribution in [-0.2, 0) is 0 Å². The van der Waals surface area contributed by atoms with Crippen LogP contribution in [0.15, 0.2) is 28.9 Å². The zero-order valence-electron chi connectivity index (χ0n) is 7.51. The van der Waals surface area contributed by atoms with Crippen molar-refractivity contribution in [2.24, 2.45) is 0 Å². The highest BCUT2D eigenvalue weighted by Crippen LogP contribution is 2.30. The zero-order chi connectivity index (χ0) is 10.1. The molecule has 0 saturated carbocycles. The number of nitrogens with one attached hydrogen (secondary N) is 1. The predicted molar refractivity (Wildman–Crippen MR) is 64.0 cm³/mol. The van der Waals surface area contributed by atoms with Gasteiger partial charge in [0.25, 0.3) is 0 Å². The van der Waals surface area contributed by atoms with Crippen LogP contribution < -0.4 is 5.32 Å². The fourth-order valence-corrected chi connectivity index (χ4v) is 1.96. The molecule has 1 aromatic heterocycles. The highest BCUT2D eigenvalue weighted by atomic mass is 79.9. The Morgan fingerprint density at radius 3 is 2.93 bits per heavy atom. The fourth-order valence-electron chi connectivity index (χ4n) is 1.31. The molecule has 0 aliphatic heterocycles. The number of halogens is 2. The van der Waals surface area contributed by atoms with Crippen LogP contribution in [0.5, 0.6) is 0 Å². The summed E-state index contributed by atoms with van der Waals surface area (Å²) in [5.74, 6) is 0. The Morgan fingerprint density at radius 2 is 2.21 bits per heavy atom. The van der Waals surface area contributed by atoms with Gasteiger partial charge < -0.3 is 5.32 Å². The summed E-state index contributed by atoms with van der Waals surface area (Å²) in [6, 6.07) is 5.85. The molecule has 0 bridgehead atoms. The number of fused-ring (bicyclic) bond motifs is 1. The molecule has 1 N–H and O–H groups in total. The molecule has 0 amide bonds. The summed E-state index contributed by atoms with van der Waals surface area (Å²) >= 11 is 9.60. The van der Waals surface area contributed by atoms with Gasteiger partial charge >= 0.3 is 0 Å². The molecular weight excluding hydrogens is 263 g/mol. The summed E-state index contributed by atoms with van der Waals surface area (Å²) in [5.41, 5.74) is 1.74. The van der Waals surface area contributed by atoms with E-state index < -0.39 is 0 Å². The van der Waals surface area contributed by atoms with Gasteiger partial charge in [-0.2, -0.15) is 0 Å². The van der Waals surface area contributed by atoms with Crippen molar-refractivity contribution in [2.45, 2.75) is 0 Å². The van der Waals surface area contributed by atoms with Crippen LogP contribution in [0.1, 0.15) is 0 Å². The molecule has 0 radical (unpaired) electrons. The molecule has 0 saturated heterocycles. The molecule has 0 aliphatic rings. The molecule has 2 nitrogen and oxygen atoms in total. The molecule has 4 heteroatoms. The minimum atomic E-state index is 0.707. The molecular formula is C10H8BrClN2. The van der Waals surface area contributed by atoms with Gasteiger partial charge in [-0.15, -0.1) is 0 Å². The lowest BCUT2D eigenvalue weighted by atomic mass is 10.2. The van der Waals surface area contributed by atoms with Gasteiger partial charge in [-0.1, -0.05) is 27.5 Å². The molecule has 1 heterocycles. The van der Waals surface area contributed by atoms with Crippen molar-refractivity contribution < 1.29 is 0 Å². The van der Waals surface area contributed by atoms with Crippen LogP contribution >= 0.6 is 27.5 Å². The number of hydrogen-bond acceptors (Lipinski definition) is 2. The Hall–Kier alpha value is -0.800. The summed E-state index contributed by atoms with van der Waals surface area (Å²) < 4.78 is 1.00. The van der Waals surface area contributed by atoms with Crippen LogP contribution in [0.3, 0.4) is 0 Å². The number of benzene rings is 1. The Kier molecular flexibility index (Phi) is 2.61. The normalized spacial score (nSPS) is 10.5. The van der Waals surface area contributed by atoms with Crippen LogP contribution in [-0.4, -0.2) is 12.0 Å². The van der Waals surface area contributed by atoms with Crippen LogP contribution in [0, 0.1) is 0 Å². The Labute approximate surface area is 95.4 Å². The van der Waals surface area contributed by atoms with E-state index in [2.05, 4.69) is 26.2 Å². The van der Waals surface area contributed by atoms with E-state index in [0.29, 0.717) is 5.02 Å². The van der Waals surface area contributed by atoms with Gasteiger partial charge in [0.05, 0.1) is 22.4 Å². The summed E-state index contributed by atoms with van der Waals surface area (Å²) in [6.45, 7) is 0. The molecule has 0 spiro atoms. The molecule has 1 aromatic carbocycles. The monoisotopic (exact) mass is 270 g/mol. The highest BCUT2D eigenvalue weighted by Gasteiger charge is 2.05. The first-order valence-electron chi connectivity index (χ1n) is 4.14. The van der Waals surface area contributed by atoms with E-state index in [9.17, 15) is 0 Å². The van der Waals surface area contributed by atoms with Crippen molar-refractivity contribution in [1.82, 2.24) is 4.98 Å². The number of hydrogen-bond donors (Lipinski definition) is 1. The van der Waals surface area contributed by atoms with Crippen molar-refractivity contribution in [1.29, 1.82) is 0 Å². The van der Waals surface area contributed by atoms with Crippen molar-refractivity contribution in [2.75, 3.05) is 12.4 Å². The van der Waals surface area contributed by atoms with Crippen molar-refractivity contribution >= 4 is 44.1 Å². The summed E-state index contributed by atoms with van der Waals surface area (Å²) in [7, 11) is 1.83. The van der Waals surface area contributed by atoms with Crippen LogP contribution in [0.25, 0.3) is 10.9 Å². The summed E-state index contributed by atoms with van der Waals surface area (Å²) in [4.78, 5) is 4.29. The first-order valence-corrected chi connectivity index (χ1v) is 5.31. The second-order valence-electron chi connectivity index (χ2n) is 2.90. The van der Waals surface area contributed by atoms with E-state index >= 15 is 0 Å². The third kappa shape index (κ3) is 1.57. The van der Waals surface area contributed by atoms with Crippen LogP contribution in [0.4, 0.5) is 5.69 Å². The van der Waals surface area contributed by atoms with Crippen molar-refractivity contribution in [3.8, 4) is 0 Å². The number of nitrogens with zero attached hydrogens (tertiary/aromatic N) is 1. The molecule has 2 aromatic rings. The lowest BCUT2D eigenvalue weighted by Gasteiger charge is -2.06. The molecule has 2 rings (SSSR count). The number of anilines is 1. The minimum Gasteiger partial charge on any atom is -0.386 e. The van der Waals surface area contributed by atoms with Gasteiger partial charge in [-0.05, 0) is 18.2 Å². The first-order chi connectivity index (χ1) is 6.72. The fraction of sp³-hybridized carbons (Fsp3) is 0.100. The maximum atomic E-state index is 6.19. The number of rotatable bonds is 1. The van der Waals surface area contributed by atoms with Gasteiger partial charge in [-0.3, -0.25) is 4.98 Å².